The first-order valence-corrected chi connectivity index (χ1v) is 4.27. The predicted molar refractivity (Wildman–Crippen MR) is 55.6 cm³/mol. The van der Waals surface area contributed by atoms with E-state index in [1.807, 2.05) is 12.1 Å². The van der Waals surface area contributed by atoms with Crippen molar-refractivity contribution in [1.82, 2.24) is 5.32 Å². The molecule has 0 unspecified atom stereocenters. The van der Waals surface area contributed by atoms with Crippen molar-refractivity contribution in [3.63, 3.8) is 0 Å². The number of benzene rings is 1. The average molecular weight is 211 g/mol. The van der Waals surface area contributed by atoms with Crippen molar-refractivity contribution in [2.45, 2.75) is 6.54 Å². The van der Waals surface area contributed by atoms with Crippen molar-refractivity contribution >= 4 is 12.4 Å². The minimum Gasteiger partial charge on any atom is -0.492 e. The number of fused-ring (bicyclic) bond motifs is 1. The fourth-order valence-electron chi connectivity index (χ4n) is 1.36. The van der Waals surface area contributed by atoms with Gasteiger partial charge in [-0.15, -0.1) is 12.4 Å². The molecule has 1 aromatic rings. The fraction of sp³-hybridized carbons (Fsp3) is 0.300. The van der Waals surface area contributed by atoms with Crippen LogP contribution >= 0.6 is 12.4 Å². The van der Waals surface area contributed by atoms with Gasteiger partial charge in [0.1, 0.15) is 12.4 Å². The van der Waals surface area contributed by atoms with Gasteiger partial charge in [-0.3, -0.25) is 0 Å². The molecule has 0 fully saturated rings. The van der Waals surface area contributed by atoms with Gasteiger partial charge in [0.2, 0.25) is 0 Å². The van der Waals surface area contributed by atoms with E-state index in [4.69, 9.17) is 10.00 Å². The second kappa shape index (κ2) is 4.85. The zero-order valence-electron chi connectivity index (χ0n) is 7.62. The van der Waals surface area contributed by atoms with Crippen LogP contribution in [-0.2, 0) is 6.54 Å². The third-order valence-electron chi connectivity index (χ3n) is 2.05. The maximum Gasteiger partial charge on any atom is 0.125 e. The topological polar surface area (TPSA) is 45.0 Å². The summed E-state index contributed by atoms with van der Waals surface area (Å²) in [6.07, 6.45) is 0. The number of halogens is 1. The van der Waals surface area contributed by atoms with E-state index in [2.05, 4.69) is 11.4 Å². The molecule has 3 nitrogen and oxygen atoms in total. The van der Waals surface area contributed by atoms with Crippen LogP contribution in [0.3, 0.4) is 0 Å². The molecule has 1 heterocycles. The summed E-state index contributed by atoms with van der Waals surface area (Å²) in [5.74, 6) is 0.837. The molecule has 4 heteroatoms. The van der Waals surface area contributed by atoms with E-state index in [1.165, 1.54) is 0 Å². The lowest BCUT2D eigenvalue weighted by atomic mass is 10.1. The van der Waals surface area contributed by atoms with Gasteiger partial charge in [-0.2, -0.15) is 5.26 Å². The highest BCUT2D eigenvalue weighted by Gasteiger charge is 2.08. The van der Waals surface area contributed by atoms with E-state index in [9.17, 15) is 0 Å². The first-order valence-electron chi connectivity index (χ1n) is 4.27. The molecule has 1 aliphatic rings. The van der Waals surface area contributed by atoms with Crippen LogP contribution in [0.15, 0.2) is 18.2 Å². The fourth-order valence-corrected chi connectivity index (χ4v) is 1.36. The third-order valence-corrected chi connectivity index (χ3v) is 2.05. The predicted octanol–water partition coefficient (Wildman–Crippen LogP) is 1.46. The molecule has 0 atom stereocenters. The first kappa shape index (κ1) is 10.8. The zero-order valence-corrected chi connectivity index (χ0v) is 8.43. The smallest absolute Gasteiger partial charge is 0.125 e. The molecule has 1 aliphatic heterocycles. The second-order valence-electron chi connectivity index (χ2n) is 2.96. The van der Waals surface area contributed by atoms with E-state index < -0.39 is 0 Å². The molecule has 2 rings (SSSR count). The van der Waals surface area contributed by atoms with Crippen LogP contribution in [0.4, 0.5) is 0 Å². The Bertz CT molecular complexity index is 360. The van der Waals surface area contributed by atoms with Gasteiger partial charge in [-0.25, -0.2) is 0 Å². The number of ether oxygens (including phenoxy) is 1. The Morgan fingerprint density at radius 3 is 3.07 bits per heavy atom. The van der Waals surface area contributed by atoms with Crippen molar-refractivity contribution in [3.05, 3.63) is 29.3 Å². The van der Waals surface area contributed by atoms with Crippen LogP contribution in [-0.4, -0.2) is 13.2 Å². The van der Waals surface area contributed by atoms with Crippen molar-refractivity contribution in [2.75, 3.05) is 13.2 Å². The molecule has 0 amide bonds. The maximum absolute atomic E-state index is 8.69. The molecule has 0 aromatic heterocycles. The molecule has 0 aliphatic carbocycles. The second-order valence-corrected chi connectivity index (χ2v) is 2.96. The number of rotatable bonds is 0. The van der Waals surface area contributed by atoms with E-state index in [0.717, 1.165) is 24.4 Å². The highest BCUT2D eigenvalue weighted by Crippen LogP contribution is 2.21. The van der Waals surface area contributed by atoms with Gasteiger partial charge < -0.3 is 10.1 Å². The normalized spacial score (nSPS) is 13.9. The lowest BCUT2D eigenvalue weighted by molar-refractivity contribution is 0.325. The Balaban J connectivity index is 0.000000980. The molecular formula is C10H11ClN2O. The largest absolute Gasteiger partial charge is 0.492 e. The van der Waals surface area contributed by atoms with Crippen molar-refractivity contribution in [1.29, 1.82) is 5.26 Å². The molecule has 0 bridgehead atoms. The van der Waals surface area contributed by atoms with Gasteiger partial charge in [0.25, 0.3) is 0 Å². The summed E-state index contributed by atoms with van der Waals surface area (Å²) in [5.41, 5.74) is 1.78. The summed E-state index contributed by atoms with van der Waals surface area (Å²) in [5, 5.41) is 11.9. The van der Waals surface area contributed by atoms with E-state index in [0.29, 0.717) is 12.2 Å². The van der Waals surface area contributed by atoms with Crippen LogP contribution in [0, 0.1) is 11.3 Å². The Kier molecular flexibility index (Phi) is 3.75. The number of nitriles is 1. The van der Waals surface area contributed by atoms with Crippen LogP contribution in [0.25, 0.3) is 0 Å². The van der Waals surface area contributed by atoms with Gasteiger partial charge in [0, 0.05) is 18.7 Å². The maximum atomic E-state index is 8.69. The van der Waals surface area contributed by atoms with E-state index >= 15 is 0 Å². The van der Waals surface area contributed by atoms with Gasteiger partial charge in [0.15, 0.2) is 0 Å². The Morgan fingerprint density at radius 2 is 2.29 bits per heavy atom. The molecular weight excluding hydrogens is 200 g/mol. The summed E-state index contributed by atoms with van der Waals surface area (Å²) in [6.45, 7) is 2.35. The number of hydrogen-bond donors (Lipinski definition) is 1. The van der Waals surface area contributed by atoms with E-state index in [-0.39, 0.29) is 12.4 Å². The lowest BCUT2D eigenvalue weighted by Crippen LogP contribution is -2.16. The summed E-state index contributed by atoms with van der Waals surface area (Å²) >= 11 is 0. The Morgan fingerprint density at radius 1 is 1.43 bits per heavy atom. The molecule has 0 radical (unpaired) electrons. The Hall–Kier alpha value is -1.24. The third kappa shape index (κ3) is 2.16. The van der Waals surface area contributed by atoms with E-state index in [1.54, 1.807) is 6.07 Å². The van der Waals surface area contributed by atoms with Crippen LogP contribution in [0.2, 0.25) is 0 Å². The van der Waals surface area contributed by atoms with Crippen molar-refractivity contribution in [3.8, 4) is 11.8 Å². The summed E-state index contributed by atoms with van der Waals surface area (Å²) in [4.78, 5) is 0. The van der Waals surface area contributed by atoms with Gasteiger partial charge in [0.05, 0.1) is 11.6 Å². The monoisotopic (exact) mass is 210 g/mol. The van der Waals surface area contributed by atoms with Crippen molar-refractivity contribution < 1.29 is 4.74 Å². The summed E-state index contributed by atoms with van der Waals surface area (Å²) in [6, 6.07) is 7.64. The molecule has 0 saturated carbocycles. The molecule has 0 saturated heterocycles. The summed E-state index contributed by atoms with van der Waals surface area (Å²) in [7, 11) is 0. The number of nitrogens with one attached hydrogen (secondary N) is 1. The lowest BCUT2D eigenvalue weighted by Gasteiger charge is -2.05. The minimum atomic E-state index is 0. The summed E-state index contributed by atoms with van der Waals surface area (Å²) < 4.78 is 5.48. The molecule has 1 aromatic carbocycles. The highest BCUT2D eigenvalue weighted by atomic mass is 35.5. The Labute approximate surface area is 89.1 Å². The standard InChI is InChI=1S/C10H10N2O.ClH/c11-6-8-1-2-9-7-12-3-4-13-10(9)5-8;/h1-2,5,12H,3-4,7H2;1H. The molecule has 74 valence electrons. The molecule has 0 spiro atoms. The first-order chi connectivity index (χ1) is 6.40. The van der Waals surface area contributed by atoms with Gasteiger partial charge >= 0.3 is 0 Å². The SMILES string of the molecule is Cl.N#Cc1ccc2c(c1)OCCNC2. The average Bonchev–Trinajstić information content (AvgIpc) is 2.41. The highest BCUT2D eigenvalue weighted by molar-refractivity contribution is 5.85. The van der Waals surface area contributed by atoms with Gasteiger partial charge in [-0.1, -0.05) is 6.07 Å². The van der Waals surface area contributed by atoms with Crippen LogP contribution in [0.5, 0.6) is 5.75 Å². The minimum absolute atomic E-state index is 0. The number of hydrogen-bond acceptors (Lipinski definition) is 3. The number of nitrogens with zero attached hydrogens (tertiary/aromatic N) is 1. The van der Waals surface area contributed by atoms with Crippen molar-refractivity contribution in [2.24, 2.45) is 0 Å². The van der Waals surface area contributed by atoms with Crippen LogP contribution in [0.1, 0.15) is 11.1 Å². The molecule has 14 heavy (non-hydrogen) atoms. The molecule has 1 N–H and O–H groups in total. The van der Waals surface area contributed by atoms with Crippen LogP contribution < -0.4 is 10.1 Å². The zero-order chi connectivity index (χ0) is 9.10. The van der Waals surface area contributed by atoms with Gasteiger partial charge in [-0.05, 0) is 12.1 Å². The quantitative estimate of drug-likeness (QED) is 0.705.